The Morgan fingerprint density at radius 3 is 1.92 bits per heavy atom. The Morgan fingerprint density at radius 1 is 0.718 bits per heavy atom. The van der Waals surface area contributed by atoms with E-state index < -0.39 is 18.5 Å². The molecule has 0 saturated heterocycles. The van der Waals surface area contributed by atoms with Gasteiger partial charge in [-0.1, -0.05) is 71.8 Å². The number of carbonyl (C=O) groups is 2. The van der Waals surface area contributed by atoms with Gasteiger partial charge in [0.2, 0.25) is 0 Å². The zero-order valence-corrected chi connectivity index (χ0v) is 22.4. The van der Waals surface area contributed by atoms with Crippen molar-refractivity contribution in [3.8, 4) is 22.5 Å². The van der Waals surface area contributed by atoms with E-state index in [0.29, 0.717) is 22.3 Å². The number of hydrogen-bond donors (Lipinski definition) is 1. The fourth-order valence-electron chi connectivity index (χ4n) is 4.29. The van der Waals surface area contributed by atoms with Crippen LogP contribution >= 0.6 is 0 Å². The highest BCUT2D eigenvalue weighted by Gasteiger charge is 2.16. The molecule has 6 heteroatoms. The van der Waals surface area contributed by atoms with Crippen LogP contribution in [-0.4, -0.2) is 28.5 Å². The van der Waals surface area contributed by atoms with Crippen molar-refractivity contribution in [2.75, 3.05) is 11.9 Å². The Bertz CT molecular complexity index is 1690. The summed E-state index contributed by atoms with van der Waals surface area (Å²) in [6.45, 7) is 7.60. The molecule has 0 atom stereocenters. The molecule has 6 nitrogen and oxygen atoms in total. The Labute approximate surface area is 227 Å². The fourth-order valence-corrected chi connectivity index (χ4v) is 4.29. The molecule has 1 aromatic heterocycles. The standard InChI is InChI=1S/C33H29N3O3/c1-20-8-12-24(13-9-20)31-32(25-14-10-21(2)11-15-25)36-29-18-26(16-17-28(29)35-31)33(38)39-19-30(37)34-27-7-5-6-22(3)23(27)4/h5-18H,19H2,1-4H3,(H,34,37). The number of anilines is 1. The fraction of sp³-hybridized carbons (Fsp3) is 0.152. The molecule has 0 bridgehead atoms. The summed E-state index contributed by atoms with van der Waals surface area (Å²) in [5, 5.41) is 2.80. The second kappa shape index (κ2) is 10.9. The summed E-state index contributed by atoms with van der Waals surface area (Å²) in [6, 6.07) is 27.0. The SMILES string of the molecule is Cc1ccc(-c2nc3ccc(C(=O)OCC(=O)Nc4cccc(C)c4C)cc3nc2-c2ccc(C)cc2)cc1. The summed E-state index contributed by atoms with van der Waals surface area (Å²) in [5.41, 5.74) is 9.96. The monoisotopic (exact) mass is 515 g/mol. The first-order chi connectivity index (χ1) is 18.8. The van der Waals surface area contributed by atoms with Gasteiger partial charge in [-0.2, -0.15) is 0 Å². The average molecular weight is 516 g/mol. The minimum Gasteiger partial charge on any atom is -0.452 e. The molecule has 0 aliphatic carbocycles. The zero-order valence-electron chi connectivity index (χ0n) is 22.4. The van der Waals surface area contributed by atoms with E-state index >= 15 is 0 Å². The number of aromatic nitrogens is 2. The first-order valence-electron chi connectivity index (χ1n) is 12.8. The summed E-state index contributed by atoms with van der Waals surface area (Å²) in [4.78, 5) is 35.1. The van der Waals surface area contributed by atoms with E-state index in [2.05, 4.69) is 17.4 Å². The van der Waals surface area contributed by atoms with Gasteiger partial charge in [0, 0.05) is 16.8 Å². The van der Waals surface area contributed by atoms with Gasteiger partial charge in [-0.05, 0) is 63.1 Å². The summed E-state index contributed by atoms with van der Waals surface area (Å²) in [7, 11) is 0. The van der Waals surface area contributed by atoms with Crippen LogP contribution in [0.25, 0.3) is 33.5 Å². The third-order valence-corrected chi connectivity index (χ3v) is 6.76. The lowest BCUT2D eigenvalue weighted by Gasteiger charge is -2.12. The molecule has 39 heavy (non-hydrogen) atoms. The van der Waals surface area contributed by atoms with Gasteiger partial charge < -0.3 is 10.1 Å². The van der Waals surface area contributed by atoms with E-state index in [0.717, 1.165) is 44.8 Å². The van der Waals surface area contributed by atoms with Gasteiger partial charge in [-0.15, -0.1) is 0 Å². The highest BCUT2D eigenvalue weighted by atomic mass is 16.5. The molecular formula is C33H29N3O3. The number of benzene rings is 4. The van der Waals surface area contributed by atoms with Crippen molar-refractivity contribution in [1.82, 2.24) is 9.97 Å². The second-order valence-corrected chi connectivity index (χ2v) is 9.73. The van der Waals surface area contributed by atoms with Crippen LogP contribution in [0.5, 0.6) is 0 Å². The summed E-state index contributed by atoms with van der Waals surface area (Å²) < 4.78 is 5.31. The lowest BCUT2D eigenvalue weighted by atomic mass is 10.0. The lowest BCUT2D eigenvalue weighted by molar-refractivity contribution is -0.119. The minimum atomic E-state index is -0.602. The summed E-state index contributed by atoms with van der Waals surface area (Å²) >= 11 is 0. The predicted octanol–water partition coefficient (Wildman–Crippen LogP) is 6.99. The number of ether oxygens (including phenoxy) is 1. The van der Waals surface area contributed by atoms with Crippen molar-refractivity contribution < 1.29 is 14.3 Å². The smallest absolute Gasteiger partial charge is 0.338 e. The van der Waals surface area contributed by atoms with E-state index in [1.807, 2.05) is 82.3 Å². The third-order valence-electron chi connectivity index (χ3n) is 6.76. The molecule has 1 heterocycles. The first-order valence-corrected chi connectivity index (χ1v) is 12.8. The molecule has 0 radical (unpaired) electrons. The Kier molecular flexibility index (Phi) is 7.19. The molecule has 1 amide bonds. The normalized spacial score (nSPS) is 10.9. The Balaban J connectivity index is 1.42. The molecule has 0 aliphatic heterocycles. The molecule has 194 valence electrons. The number of nitrogens with zero attached hydrogens (tertiary/aromatic N) is 2. The number of nitrogens with one attached hydrogen (secondary N) is 1. The summed E-state index contributed by atoms with van der Waals surface area (Å²) in [6.07, 6.45) is 0. The van der Waals surface area contributed by atoms with Crippen molar-refractivity contribution in [2.24, 2.45) is 0 Å². The largest absolute Gasteiger partial charge is 0.452 e. The van der Waals surface area contributed by atoms with E-state index in [1.165, 1.54) is 0 Å². The maximum Gasteiger partial charge on any atom is 0.338 e. The topological polar surface area (TPSA) is 81.2 Å². The molecule has 0 fully saturated rings. The van der Waals surface area contributed by atoms with Gasteiger partial charge in [0.1, 0.15) is 0 Å². The Hall–Kier alpha value is -4.84. The van der Waals surface area contributed by atoms with Crippen molar-refractivity contribution in [2.45, 2.75) is 27.7 Å². The van der Waals surface area contributed by atoms with Crippen LogP contribution < -0.4 is 5.32 Å². The molecule has 4 aromatic carbocycles. The number of carbonyl (C=O) groups excluding carboxylic acids is 2. The number of amides is 1. The minimum absolute atomic E-state index is 0.300. The number of esters is 1. The maximum absolute atomic E-state index is 12.8. The van der Waals surface area contributed by atoms with Crippen molar-refractivity contribution >= 4 is 28.6 Å². The van der Waals surface area contributed by atoms with Gasteiger partial charge >= 0.3 is 5.97 Å². The molecule has 0 saturated carbocycles. The summed E-state index contributed by atoms with van der Waals surface area (Å²) in [5.74, 6) is -1.00. The molecule has 0 spiro atoms. The van der Waals surface area contributed by atoms with Gasteiger partial charge in [0.05, 0.1) is 28.0 Å². The second-order valence-electron chi connectivity index (χ2n) is 9.73. The molecule has 0 aliphatic rings. The van der Waals surface area contributed by atoms with Gasteiger partial charge in [0.15, 0.2) is 6.61 Å². The number of aryl methyl sites for hydroxylation is 3. The molecule has 5 rings (SSSR count). The molecule has 0 unspecified atom stereocenters. The predicted molar refractivity (Wildman–Crippen MR) is 155 cm³/mol. The van der Waals surface area contributed by atoms with Crippen LogP contribution in [0.4, 0.5) is 5.69 Å². The number of hydrogen-bond acceptors (Lipinski definition) is 5. The van der Waals surface area contributed by atoms with E-state index in [-0.39, 0.29) is 0 Å². The quantitative estimate of drug-likeness (QED) is 0.246. The average Bonchev–Trinajstić information content (AvgIpc) is 2.94. The number of rotatable bonds is 6. The van der Waals surface area contributed by atoms with Crippen LogP contribution in [-0.2, 0) is 9.53 Å². The van der Waals surface area contributed by atoms with Gasteiger partial charge in [-0.3, -0.25) is 4.79 Å². The van der Waals surface area contributed by atoms with E-state index in [9.17, 15) is 9.59 Å². The number of fused-ring (bicyclic) bond motifs is 1. The van der Waals surface area contributed by atoms with Gasteiger partial charge in [-0.25, -0.2) is 14.8 Å². The van der Waals surface area contributed by atoms with Crippen LogP contribution in [0.15, 0.2) is 84.9 Å². The first kappa shape index (κ1) is 25.8. The Morgan fingerprint density at radius 2 is 1.31 bits per heavy atom. The van der Waals surface area contributed by atoms with Crippen LogP contribution in [0.2, 0.25) is 0 Å². The van der Waals surface area contributed by atoms with Crippen LogP contribution in [0.1, 0.15) is 32.6 Å². The van der Waals surface area contributed by atoms with Crippen LogP contribution in [0, 0.1) is 27.7 Å². The van der Waals surface area contributed by atoms with Crippen molar-refractivity contribution in [3.05, 3.63) is 113 Å². The molecular weight excluding hydrogens is 486 g/mol. The van der Waals surface area contributed by atoms with Gasteiger partial charge in [0.25, 0.3) is 5.91 Å². The van der Waals surface area contributed by atoms with Crippen molar-refractivity contribution in [3.63, 3.8) is 0 Å². The zero-order chi connectivity index (χ0) is 27.5. The van der Waals surface area contributed by atoms with E-state index in [4.69, 9.17) is 14.7 Å². The molecule has 1 N–H and O–H groups in total. The lowest BCUT2D eigenvalue weighted by Crippen LogP contribution is -2.21. The van der Waals surface area contributed by atoms with Crippen LogP contribution in [0.3, 0.4) is 0 Å². The maximum atomic E-state index is 12.8. The van der Waals surface area contributed by atoms with Crippen molar-refractivity contribution in [1.29, 1.82) is 0 Å². The molecule has 5 aromatic rings. The van der Waals surface area contributed by atoms with E-state index in [1.54, 1.807) is 18.2 Å². The highest BCUT2D eigenvalue weighted by molar-refractivity contribution is 5.98. The third kappa shape index (κ3) is 5.70. The highest BCUT2D eigenvalue weighted by Crippen LogP contribution is 2.31.